The normalized spacial score (nSPS) is 11.6. The van der Waals surface area contributed by atoms with Crippen LogP contribution in [0.3, 0.4) is 0 Å². The zero-order valence-corrected chi connectivity index (χ0v) is 16.4. The summed E-state index contributed by atoms with van der Waals surface area (Å²) in [7, 11) is 0. The molecule has 0 bridgehead atoms. The van der Waals surface area contributed by atoms with Gasteiger partial charge in [0.25, 0.3) is 0 Å². The van der Waals surface area contributed by atoms with E-state index in [-0.39, 0.29) is 0 Å². The third-order valence-corrected chi connectivity index (χ3v) is 3.74. The van der Waals surface area contributed by atoms with Crippen molar-refractivity contribution in [1.82, 2.24) is 10.2 Å². The van der Waals surface area contributed by atoms with Crippen LogP contribution in [0.2, 0.25) is 0 Å². The van der Waals surface area contributed by atoms with E-state index in [1.165, 1.54) is 0 Å². The lowest BCUT2D eigenvalue weighted by Gasteiger charge is -2.04. The fourth-order valence-corrected chi connectivity index (χ4v) is 2.41. The number of nitrogens with zero attached hydrogens (tertiary/aromatic N) is 2. The number of rotatable bonds is 9. The van der Waals surface area contributed by atoms with Crippen molar-refractivity contribution in [3.05, 3.63) is 72.1 Å². The molecule has 2 rings (SSSR count). The number of nitrogens with two attached hydrogens (primary N) is 1. The van der Waals surface area contributed by atoms with E-state index in [1.807, 2.05) is 63.3 Å². The molecule has 0 amide bonds. The smallest absolute Gasteiger partial charge is 0.240 e. The number of benzene rings is 1. The van der Waals surface area contributed by atoms with Crippen LogP contribution < -0.4 is 10.5 Å². The molecule has 1 heterocycles. The molecule has 2 N–H and O–H groups in total. The lowest BCUT2D eigenvalue weighted by atomic mass is 10.3. The fourth-order valence-electron chi connectivity index (χ4n) is 1.78. The van der Waals surface area contributed by atoms with Gasteiger partial charge in [-0.15, -0.1) is 22.0 Å². The Morgan fingerprint density at radius 1 is 1.23 bits per heavy atom. The highest BCUT2D eigenvalue weighted by atomic mass is 32.2. The number of hydrogen-bond donors (Lipinski definition) is 1. The quantitative estimate of drug-likeness (QED) is 0.501. The summed E-state index contributed by atoms with van der Waals surface area (Å²) in [6.07, 6.45) is 8.99. The molecule has 1 aromatic heterocycles. The summed E-state index contributed by atoms with van der Waals surface area (Å²) in [6, 6.07) is 9.76. The molecule has 0 saturated heterocycles. The number of allylic oxidation sites excluding steroid dienone is 4. The molecule has 26 heavy (non-hydrogen) atoms. The second-order valence-electron chi connectivity index (χ2n) is 4.77. The maximum absolute atomic E-state index is 5.73. The van der Waals surface area contributed by atoms with Crippen LogP contribution >= 0.6 is 11.8 Å². The maximum Gasteiger partial charge on any atom is 0.240 e. The van der Waals surface area contributed by atoms with Gasteiger partial charge in [-0.25, -0.2) is 0 Å². The molecule has 0 atom stereocenters. The molecule has 0 aliphatic carbocycles. The van der Waals surface area contributed by atoms with Crippen molar-refractivity contribution in [3.63, 3.8) is 0 Å². The van der Waals surface area contributed by atoms with E-state index < -0.39 is 0 Å². The maximum atomic E-state index is 5.73. The van der Waals surface area contributed by atoms with Gasteiger partial charge < -0.3 is 14.9 Å². The van der Waals surface area contributed by atoms with Crippen LogP contribution in [0.5, 0.6) is 5.75 Å². The van der Waals surface area contributed by atoms with Crippen LogP contribution in [0.25, 0.3) is 6.08 Å². The minimum absolute atomic E-state index is 0.468. The van der Waals surface area contributed by atoms with E-state index in [2.05, 4.69) is 10.2 Å². The standard InChI is InChI=1S/C18H21N3O2S.C2H6/c1-2-7-15(19)8-6-11-17-20-21-18(23-17)14-24-13-12-22-16-9-4-3-5-10-16;1-2/h2-11H,12-14,19H2,1H3;1-2H3/b7-2-,11-6+,15-8+;. The van der Waals surface area contributed by atoms with E-state index in [4.69, 9.17) is 14.9 Å². The van der Waals surface area contributed by atoms with E-state index >= 15 is 0 Å². The largest absolute Gasteiger partial charge is 0.493 e. The molecular formula is C20H27N3O2S. The highest BCUT2D eigenvalue weighted by molar-refractivity contribution is 7.98. The summed E-state index contributed by atoms with van der Waals surface area (Å²) in [5.74, 6) is 3.47. The van der Waals surface area contributed by atoms with Crippen LogP contribution in [0.1, 0.15) is 32.6 Å². The Bertz CT molecular complexity index is 694. The van der Waals surface area contributed by atoms with Gasteiger partial charge in [0.05, 0.1) is 12.4 Å². The molecule has 0 fully saturated rings. The van der Waals surface area contributed by atoms with Gasteiger partial charge in [-0.05, 0) is 31.2 Å². The van der Waals surface area contributed by atoms with Crippen molar-refractivity contribution < 1.29 is 9.15 Å². The van der Waals surface area contributed by atoms with Gasteiger partial charge in [0.1, 0.15) is 5.75 Å². The zero-order chi connectivity index (χ0) is 19.0. The second kappa shape index (κ2) is 13.8. The third kappa shape index (κ3) is 9.13. The van der Waals surface area contributed by atoms with Gasteiger partial charge >= 0.3 is 0 Å². The first-order valence-electron chi connectivity index (χ1n) is 8.62. The summed E-state index contributed by atoms with van der Waals surface area (Å²) in [5.41, 5.74) is 6.40. The number of thioether (sulfide) groups is 1. The summed E-state index contributed by atoms with van der Waals surface area (Å²) < 4.78 is 11.2. The Kier molecular flexibility index (Phi) is 11.4. The first kappa shape index (κ1) is 21.6. The molecule has 0 radical (unpaired) electrons. The topological polar surface area (TPSA) is 74.2 Å². The molecule has 1 aromatic carbocycles. The van der Waals surface area contributed by atoms with Crippen LogP contribution in [0.15, 0.2) is 64.8 Å². The predicted molar refractivity (Wildman–Crippen MR) is 110 cm³/mol. The van der Waals surface area contributed by atoms with Crippen LogP contribution in [-0.4, -0.2) is 22.6 Å². The van der Waals surface area contributed by atoms with Gasteiger partial charge in [0, 0.05) is 17.5 Å². The van der Waals surface area contributed by atoms with E-state index in [9.17, 15) is 0 Å². The van der Waals surface area contributed by atoms with E-state index in [1.54, 1.807) is 30.0 Å². The minimum Gasteiger partial charge on any atom is -0.493 e. The molecule has 0 aliphatic rings. The Labute approximate surface area is 160 Å². The summed E-state index contributed by atoms with van der Waals surface area (Å²) in [5, 5.41) is 7.98. The van der Waals surface area contributed by atoms with Crippen LogP contribution in [0.4, 0.5) is 0 Å². The van der Waals surface area contributed by atoms with E-state index in [0.717, 1.165) is 11.5 Å². The van der Waals surface area contributed by atoms with Crippen molar-refractivity contribution in [2.45, 2.75) is 26.5 Å². The van der Waals surface area contributed by atoms with Crippen molar-refractivity contribution in [2.75, 3.05) is 12.4 Å². The second-order valence-corrected chi connectivity index (χ2v) is 5.88. The summed E-state index contributed by atoms with van der Waals surface area (Å²) in [6.45, 7) is 6.56. The number of aromatic nitrogens is 2. The highest BCUT2D eigenvalue weighted by Crippen LogP contribution is 2.13. The molecule has 2 aromatic rings. The Morgan fingerprint density at radius 2 is 2.00 bits per heavy atom. The van der Waals surface area contributed by atoms with Crippen molar-refractivity contribution in [2.24, 2.45) is 5.73 Å². The molecule has 0 spiro atoms. The summed E-state index contributed by atoms with van der Waals surface area (Å²) in [4.78, 5) is 0. The fraction of sp³-hybridized carbons (Fsp3) is 0.300. The molecule has 6 heteroatoms. The SMILES string of the molecule is CC.C\C=C/C(N)=C\C=C\c1nnc(CSCCOc2ccccc2)o1. The van der Waals surface area contributed by atoms with Gasteiger partial charge in [-0.2, -0.15) is 0 Å². The molecule has 0 saturated carbocycles. The van der Waals surface area contributed by atoms with Crippen LogP contribution in [0, 0.1) is 0 Å². The van der Waals surface area contributed by atoms with Gasteiger partial charge in [0.15, 0.2) is 0 Å². The monoisotopic (exact) mass is 373 g/mol. The van der Waals surface area contributed by atoms with Crippen molar-refractivity contribution in [1.29, 1.82) is 0 Å². The average molecular weight is 374 g/mol. The summed E-state index contributed by atoms with van der Waals surface area (Å²) >= 11 is 1.69. The average Bonchev–Trinajstić information content (AvgIpc) is 3.12. The van der Waals surface area contributed by atoms with Crippen LogP contribution in [-0.2, 0) is 5.75 Å². The Balaban J connectivity index is 0.00000163. The first-order valence-corrected chi connectivity index (χ1v) is 9.78. The predicted octanol–water partition coefficient (Wildman–Crippen LogP) is 4.84. The van der Waals surface area contributed by atoms with E-state index in [0.29, 0.717) is 29.8 Å². The minimum atomic E-state index is 0.468. The zero-order valence-electron chi connectivity index (χ0n) is 15.6. The number of para-hydroxylation sites is 1. The van der Waals surface area contributed by atoms with Crippen molar-refractivity contribution >= 4 is 17.8 Å². The highest BCUT2D eigenvalue weighted by Gasteiger charge is 2.03. The van der Waals surface area contributed by atoms with Gasteiger partial charge in [-0.3, -0.25) is 0 Å². The van der Waals surface area contributed by atoms with Crippen molar-refractivity contribution in [3.8, 4) is 5.75 Å². The lowest BCUT2D eigenvalue weighted by Crippen LogP contribution is -2.00. The van der Waals surface area contributed by atoms with Gasteiger partial charge in [0.2, 0.25) is 11.8 Å². The molecule has 140 valence electrons. The Morgan fingerprint density at radius 3 is 2.73 bits per heavy atom. The first-order chi connectivity index (χ1) is 12.8. The number of hydrogen-bond acceptors (Lipinski definition) is 6. The lowest BCUT2D eigenvalue weighted by molar-refractivity contribution is 0.344. The molecule has 5 nitrogen and oxygen atoms in total. The van der Waals surface area contributed by atoms with Gasteiger partial charge in [-0.1, -0.05) is 44.2 Å². The number of ether oxygens (including phenoxy) is 1. The molecule has 0 aliphatic heterocycles. The molecule has 0 unspecified atom stereocenters. The Hall–Kier alpha value is -2.47. The third-order valence-electron chi connectivity index (χ3n) is 2.83. The molecular weight excluding hydrogens is 346 g/mol.